The predicted molar refractivity (Wildman–Crippen MR) is 94.9 cm³/mol. The smallest absolute Gasteiger partial charge is 0.294 e. The molecule has 23 heavy (non-hydrogen) atoms. The molecule has 5 nitrogen and oxygen atoms in total. The Labute approximate surface area is 161 Å². The summed E-state index contributed by atoms with van der Waals surface area (Å²) >= 11 is 35.4. The minimum Gasteiger partial charge on any atom is -0.460 e. The molecule has 0 saturated carbocycles. The van der Waals surface area contributed by atoms with Gasteiger partial charge in [-0.05, 0) is 12.2 Å². The van der Waals surface area contributed by atoms with E-state index in [1.807, 2.05) is 12.2 Å². The molecule has 0 aromatic carbocycles. The fourth-order valence-electron chi connectivity index (χ4n) is 1.92. The van der Waals surface area contributed by atoms with Crippen molar-refractivity contribution in [1.29, 1.82) is 0 Å². The lowest BCUT2D eigenvalue weighted by Crippen LogP contribution is -2.48. The number of ether oxygens (including phenoxy) is 1. The summed E-state index contributed by atoms with van der Waals surface area (Å²) in [4.78, 5) is 4.05. The number of alkyl halides is 6. The molecule has 0 bridgehead atoms. The number of hydrogen-bond donors (Lipinski definition) is 1. The number of hydrazine groups is 1. The van der Waals surface area contributed by atoms with Crippen LogP contribution < -0.4 is 15.2 Å². The molecule has 0 aliphatic carbocycles. The van der Waals surface area contributed by atoms with Crippen LogP contribution in [0.2, 0.25) is 0 Å². The number of halogens is 6. The van der Waals surface area contributed by atoms with E-state index < -0.39 is 7.59 Å². The van der Waals surface area contributed by atoms with Crippen LogP contribution in [0.3, 0.4) is 0 Å². The molecule has 124 valence electrons. The van der Waals surface area contributed by atoms with E-state index in [0.717, 1.165) is 0 Å². The first-order chi connectivity index (χ1) is 10.7. The number of aliphatic imine (C=N–C) groups is 1. The molecule has 11 heteroatoms. The van der Waals surface area contributed by atoms with E-state index in [1.165, 1.54) is 17.5 Å². The highest BCUT2D eigenvalue weighted by Gasteiger charge is 2.37. The summed E-state index contributed by atoms with van der Waals surface area (Å²) in [5.41, 5.74) is 4.16. The number of furan rings is 1. The SMILES string of the molecule is ClC(Cl)(Cl)C1=CN(c2coc3c2C=CCO3)NC(C(Cl)(Cl)Cl)=N1. The van der Waals surface area contributed by atoms with Gasteiger partial charge in [0.2, 0.25) is 7.59 Å². The highest BCUT2D eigenvalue weighted by Crippen LogP contribution is 2.41. The number of hydrogen-bond acceptors (Lipinski definition) is 5. The first-order valence-electron chi connectivity index (χ1n) is 6.08. The average molecular weight is 438 g/mol. The van der Waals surface area contributed by atoms with Crippen LogP contribution in [0.15, 0.2) is 33.6 Å². The van der Waals surface area contributed by atoms with Crippen LogP contribution >= 0.6 is 69.6 Å². The van der Waals surface area contributed by atoms with Gasteiger partial charge in [0.25, 0.3) is 5.95 Å². The number of allylic oxidation sites excluding steroid dienone is 1. The predicted octanol–water partition coefficient (Wildman–Crippen LogP) is 4.99. The second-order valence-corrected chi connectivity index (χ2v) is 9.05. The summed E-state index contributed by atoms with van der Waals surface area (Å²) in [6.45, 7) is 0.420. The van der Waals surface area contributed by atoms with Crippen molar-refractivity contribution in [2.75, 3.05) is 11.6 Å². The maximum absolute atomic E-state index is 5.91. The number of rotatable bonds is 1. The maximum Gasteiger partial charge on any atom is 0.294 e. The Kier molecular flexibility index (Phi) is 4.64. The van der Waals surface area contributed by atoms with Crippen molar-refractivity contribution < 1.29 is 9.15 Å². The molecule has 1 aromatic rings. The molecule has 2 aliphatic heterocycles. The zero-order valence-corrected chi connectivity index (χ0v) is 15.5. The lowest BCUT2D eigenvalue weighted by atomic mass is 10.2. The van der Waals surface area contributed by atoms with Gasteiger partial charge in [-0.2, -0.15) is 0 Å². The average Bonchev–Trinajstić information content (AvgIpc) is 2.89. The van der Waals surface area contributed by atoms with E-state index in [9.17, 15) is 0 Å². The Morgan fingerprint density at radius 1 is 1.13 bits per heavy atom. The number of fused-ring (bicyclic) bond motifs is 1. The Morgan fingerprint density at radius 3 is 2.52 bits per heavy atom. The van der Waals surface area contributed by atoms with Crippen molar-refractivity contribution in [3.8, 4) is 5.95 Å². The Balaban J connectivity index is 2.04. The van der Waals surface area contributed by atoms with Crippen LogP contribution in [0, 0.1) is 0 Å². The standard InChI is InChI=1S/C12H7Cl6N3O2/c13-11(14,15)8-4-21(20-10(19-8)12(16,17)18)7-5-23-9-6(7)2-1-3-22-9/h1-2,4-5H,3H2,(H,19,20). The molecular weight excluding hydrogens is 431 g/mol. The second-order valence-electron chi connectivity index (χ2n) is 4.49. The Morgan fingerprint density at radius 2 is 1.87 bits per heavy atom. The van der Waals surface area contributed by atoms with Crippen molar-refractivity contribution in [2.45, 2.75) is 7.59 Å². The molecule has 0 amide bonds. The molecular formula is C12H7Cl6N3O2. The summed E-state index contributed by atoms with van der Waals surface area (Å²) < 4.78 is 7.08. The molecule has 0 fully saturated rings. The number of anilines is 1. The van der Waals surface area contributed by atoms with Gasteiger partial charge in [0.1, 0.15) is 24.3 Å². The monoisotopic (exact) mass is 435 g/mol. The number of nitrogens with zero attached hydrogens (tertiary/aromatic N) is 2. The fourth-order valence-corrected chi connectivity index (χ4v) is 2.45. The molecule has 0 radical (unpaired) electrons. The van der Waals surface area contributed by atoms with Gasteiger partial charge in [-0.15, -0.1) is 0 Å². The highest BCUT2D eigenvalue weighted by atomic mass is 35.6. The summed E-state index contributed by atoms with van der Waals surface area (Å²) in [5, 5.41) is 1.48. The van der Waals surface area contributed by atoms with Crippen molar-refractivity contribution >= 4 is 87.2 Å². The van der Waals surface area contributed by atoms with Crippen LogP contribution in [0.4, 0.5) is 5.69 Å². The molecule has 3 heterocycles. The van der Waals surface area contributed by atoms with E-state index >= 15 is 0 Å². The van der Waals surface area contributed by atoms with Crippen LogP contribution in [0.25, 0.3) is 6.08 Å². The van der Waals surface area contributed by atoms with Gasteiger partial charge < -0.3 is 9.15 Å². The van der Waals surface area contributed by atoms with Crippen molar-refractivity contribution in [2.24, 2.45) is 4.99 Å². The second kappa shape index (κ2) is 6.14. The van der Waals surface area contributed by atoms with Crippen molar-refractivity contribution in [1.82, 2.24) is 5.43 Å². The maximum atomic E-state index is 5.91. The third-order valence-electron chi connectivity index (χ3n) is 2.90. The van der Waals surface area contributed by atoms with Crippen molar-refractivity contribution in [3.63, 3.8) is 0 Å². The largest absolute Gasteiger partial charge is 0.460 e. The highest BCUT2D eigenvalue weighted by molar-refractivity contribution is 6.77. The molecule has 0 unspecified atom stereocenters. The molecule has 1 N–H and O–H groups in total. The lowest BCUT2D eigenvalue weighted by Gasteiger charge is -2.31. The van der Waals surface area contributed by atoms with Crippen LogP contribution in [0.1, 0.15) is 5.56 Å². The number of amidine groups is 1. The summed E-state index contributed by atoms with van der Waals surface area (Å²) in [6, 6.07) is 0. The minimum atomic E-state index is -1.84. The zero-order valence-electron chi connectivity index (χ0n) is 11.0. The minimum absolute atomic E-state index is 0.0259. The van der Waals surface area contributed by atoms with E-state index in [-0.39, 0.29) is 11.5 Å². The van der Waals surface area contributed by atoms with Gasteiger partial charge in [0.05, 0.1) is 11.8 Å². The molecule has 0 atom stereocenters. The van der Waals surface area contributed by atoms with Crippen LogP contribution in [-0.2, 0) is 0 Å². The lowest BCUT2D eigenvalue weighted by molar-refractivity contribution is 0.268. The van der Waals surface area contributed by atoms with E-state index in [4.69, 9.17) is 78.8 Å². The molecule has 3 rings (SSSR count). The first kappa shape index (κ1) is 17.4. The quantitative estimate of drug-likeness (QED) is 0.629. The van der Waals surface area contributed by atoms with Gasteiger partial charge in [0.15, 0.2) is 5.84 Å². The summed E-state index contributed by atoms with van der Waals surface area (Å²) in [7, 11) is 0. The van der Waals surface area contributed by atoms with Gasteiger partial charge in [0, 0.05) is 0 Å². The third kappa shape index (κ3) is 3.65. The summed E-state index contributed by atoms with van der Waals surface area (Å²) in [5.74, 6) is 0.341. The van der Waals surface area contributed by atoms with Crippen LogP contribution in [0.5, 0.6) is 5.95 Å². The van der Waals surface area contributed by atoms with E-state index in [0.29, 0.717) is 23.8 Å². The Bertz CT molecular complexity index is 713. The summed E-state index contributed by atoms with van der Waals surface area (Å²) in [6.07, 6.45) is 6.58. The first-order valence-corrected chi connectivity index (χ1v) is 8.34. The van der Waals surface area contributed by atoms with Gasteiger partial charge in [-0.1, -0.05) is 69.6 Å². The van der Waals surface area contributed by atoms with E-state index in [1.54, 1.807) is 0 Å². The Hall–Kier alpha value is -0.430. The van der Waals surface area contributed by atoms with Gasteiger partial charge in [-0.3, -0.25) is 10.4 Å². The van der Waals surface area contributed by atoms with Crippen molar-refractivity contribution in [3.05, 3.63) is 29.8 Å². The van der Waals surface area contributed by atoms with Gasteiger partial charge >= 0.3 is 0 Å². The van der Waals surface area contributed by atoms with Crippen LogP contribution in [-0.4, -0.2) is 20.0 Å². The third-order valence-corrected chi connectivity index (χ3v) is 4.01. The normalized spacial score (nSPS) is 17.9. The van der Waals surface area contributed by atoms with Gasteiger partial charge in [-0.25, -0.2) is 4.99 Å². The topological polar surface area (TPSA) is 50.0 Å². The zero-order chi connectivity index (χ0) is 16.8. The molecule has 0 spiro atoms. The van der Waals surface area contributed by atoms with E-state index in [2.05, 4.69) is 10.4 Å². The number of nitrogens with one attached hydrogen (secondary N) is 1. The molecule has 1 aromatic heterocycles. The molecule has 2 aliphatic rings. The fraction of sp³-hybridized carbons (Fsp3) is 0.250. The molecule has 0 saturated heterocycles.